The molecule has 13 heteroatoms. The van der Waals surface area contributed by atoms with Gasteiger partial charge in [0.2, 0.25) is 5.95 Å². The summed E-state index contributed by atoms with van der Waals surface area (Å²) in [7, 11) is 1.73. The van der Waals surface area contributed by atoms with E-state index in [0.717, 1.165) is 12.3 Å². The fraction of sp³-hybridized carbons (Fsp3) is 0.348. The van der Waals surface area contributed by atoms with E-state index in [0.29, 0.717) is 55.8 Å². The van der Waals surface area contributed by atoms with E-state index in [2.05, 4.69) is 25.3 Å². The molecule has 1 atom stereocenters. The highest BCUT2D eigenvalue weighted by molar-refractivity contribution is 5.79. The van der Waals surface area contributed by atoms with Crippen molar-refractivity contribution in [3.05, 3.63) is 53.0 Å². The molecule has 11 nitrogen and oxygen atoms in total. The summed E-state index contributed by atoms with van der Waals surface area (Å²) >= 11 is 0. The first-order valence-electron chi connectivity index (χ1n) is 11.3. The number of nitrogens with zero attached hydrogens (tertiary/aromatic N) is 10. The van der Waals surface area contributed by atoms with Gasteiger partial charge in [0.25, 0.3) is 0 Å². The number of rotatable bonds is 3. The van der Waals surface area contributed by atoms with Gasteiger partial charge < -0.3 is 14.4 Å². The number of amides is 2. The van der Waals surface area contributed by atoms with E-state index >= 15 is 0 Å². The van der Waals surface area contributed by atoms with Crippen LogP contribution in [0.4, 0.5) is 19.5 Å². The molecule has 2 aliphatic rings. The van der Waals surface area contributed by atoms with Crippen LogP contribution in [0.5, 0.6) is 0 Å². The molecule has 0 spiro atoms. The molecule has 0 radical (unpaired) electrons. The predicted molar refractivity (Wildman–Crippen MR) is 125 cm³/mol. The zero-order valence-electron chi connectivity index (χ0n) is 19.6. The van der Waals surface area contributed by atoms with Crippen LogP contribution >= 0.6 is 0 Å². The number of halogens is 2. The van der Waals surface area contributed by atoms with Gasteiger partial charge in [0.15, 0.2) is 11.6 Å². The summed E-state index contributed by atoms with van der Waals surface area (Å²) in [6.45, 7) is 3.34. The molecule has 0 saturated carbocycles. The molecule has 0 bridgehead atoms. The lowest BCUT2D eigenvalue weighted by Crippen LogP contribution is -2.52. The Labute approximate surface area is 205 Å². The van der Waals surface area contributed by atoms with Gasteiger partial charge in [-0.25, -0.2) is 28.6 Å². The molecule has 5 rings (SSSR count). The average molecular weight is 492 g/mol. The molecular formula is C23H22F2N10O. The molecule has 4 heterocycles. The van der Waals surface area contributed by atoms with Gasteiger partial charge in [0.05, 0.1) is 23.9 Å². The van der Waals surface area contributed by atoms with Gasteiger partial charge in [0.1, 0.15) is 17.3 Å². The highest BCUT2D eigenvalue weighted by Crippen LogP contribution is 2.31. The summed E-state index contributed by atoms with van der Waals surface area (Å²) < 4.78 is 30.1. The van der Waals surface area contributed by atoms with Crippen molar-refractivity contribution in [2.45, 2.75) is 19.4 Å². The zero-order chi connectivity index (χ0) is 25.4. The monoisotopic (exact) mass is 492 g/mol. The van der Waals surface area contributed by atoms with E-state index in [1.807, 2.05) is 11.0 Å². The number of piperazine rings is 1. The molecule has 2 aliphatic heterocycles. The number of anilines is 1. The van der Waals surface area contributed by atoms with Crippen LogP contribution in [0.15, 0.2) is 29.5 Å². The fourth-order valence-corrected chi connectivity index (χ4v) is 4.27. The quantitative estimate of drug-likeness (QED) is 0.551. The van der Waals surface area contributed by atoms with E-state index < -0.39 is 17.7 Å². The van der Waals surface area contributed by atoms with Crippen molar-refractivity contribution in [2.75, 3.05) is 31.1 Å². The SMILES string of the molecule is Cc1nnc(-c2nc(N3CCN(C(=O)N4N=CCC4c4cc(F)cc(C#N)c4)CC3)ncc2F)n1C. The molecule has 1 aromatic carbocycles. The maximum absolute atomic E-state index is 14.5. The van der Waals surface area contributed by atoms with Crippen molar-refractivity contribution in [1.29, 1.82) is 5.26 Å². The van der Waals surface area contributed by atoms with Crippen molar-refractivity contribution < 1.29 is 13.6 Å². The Hall–Kier alpha value is -4.47. The lowest BCUT2D eigenvalue weighted by molar-refractivity contribution is 0.139. The summed E-state index contributed by atoms with van der Waals surface area (Å²) in [5, 5.41) is 22.7. The van der Waals surface area contributed by atoms with Gasteiger partial charge >= 0.3 is 6.03 Å². The summed E-state index contributed by atoms with van der Waals surface area (Å²) in [4.78, 5) is 25.3. The van der Waals surface area contributed by atoms with Gasteiger partial charge in [0, 0.05) is 45.9 Å². The number of aryl methyl sites for hydroxylation is 1. The molecule has 1 unspecified atom stereocenters. The second kappa shape index (κ2) is 9.29. The number of hydrogen-bond acceptors (Lipinski definition) is 8. The second-order valence-corrected chi connectivity index (χ2v) is 8.53. The van der Waals surface area contributed by atoms with Gasteiger partial charge in [-0.2, -0.15) is 10.4 Å². The van der Waals surface area contributed by atoms with E-state index in [9.17, 15) is 13.6 Å². The van der Waals surface area contributed by atoms with Crippen molar-refractivity contribution in [1.82, 2.24) is 34.6 Å². The molecular weight excluding hydrogens is 470 g/mol. The number of benzene rings is 1. The molecule has 184 valence electrons. The molecule has 1 fully saturated rings. The molecule has 36 heavy (non-hydrogen) atoms. The maximum atomic E-state index is 14.5. The van der Waals surface area contributed by atoms with E-state index in [1.165, 1.54) is 11.1 Å². The minimum Gasteiger partial charge on any atom is -0.337 e. The summed E-state index contributed by atoms with van der Waals surface area (Å²) in [5.41, 5.74) is 0.762. The van der Waals surface area contributed by atoms with Crippen LogP contribution in [-0.4, -0.2) is 73.1 Å². The van der Waals surface area contributed by atoms with Crippen molar-refractivity contribution in [3.8, 4) is 17.6 Å². The van der Waals surface area contributed by atoms with Crippen LogP contribution < -0.4 is 4.90 Å². The maximum Gasteiger partial charge on any atom is 0.341 e. The first kappa shape index (κ1) is 23.3. The topological polar surface area (TPSA) is 119 Å². The highest BCUT2D eigenvalue weighted by atomic mass is 19.1. The third kappa shape index (κ3) is 4.21. The summed E-state index contributed by atoms with van der Waals surface area (Å²) in [6, 6.07) is 5.18. The van der Waals surface area contributed by atoms with Crippen LogP contribution in [0.25, 0.3) is 11.5 Å². The van der Waals surface area contributed by atoms with Crippen LogP contribution in [0, 0.1) is 29.9 Å². The lowest BCUT2D eigenvalue weighted by atomic mass is 10.0. The molecule has 0 aliphatic carbocycles. The van der Waals surface area contributed by atoms with Gasteiger partial charge in [-0.3, -0.25) is 0 Å². The Morgan fingerprint density at radius 2 is 1.92 bits per heavy atom. The zero-order valence-corrected chi connectivity index (χ0v) is 19.6. The molecule has 2 aromatic heterocycles. The van der Waals surface area contributed by atoms with Gasteiger partial charge in [-0.1, -0.05) is 0 Å². The highest BCUT2D eigenvalue weighted by Gasteiger charge is 2.34. The first-order chi connectivity index (χ1) is 17.4. The standard InChI is InChI=1S/C23H22F2N10O/c1-14-30-31-21(32(14)2)20-18(25)13-27-22(29-20)33-5-7-34(8-6-33)23(36)35-19(3-4-28-35)16-9-15(12-26)10-17(24)11-16/h4,9-11,13,19H,3,5-8H2,1-2H3. The summed E-state index contributed by atoms with van der Waals surface area (Å²) in [5.74, 6) is 0.129. The molecule has 2 amide bonds. The number of hydrazone groups is 1. The van der Waals surface area contributed by atoms with Crippen LogP contribution in [0.3, 0.4) is 0 Å². The van der Waals surface area contributed by atoms with E-state index in [1.54, 1.807) is 35.7 Å². The number of nitriles is 1. The van der Waals surface area contributed by atoms with Gasteiger partial charge in [-0.05, 0) is 30.7 Å². The molecule has 3 aromatic rings. The third-order valence-electron chi connectivity index (χ3n) is 6.33. The smallest absolute Gasteiger partial charge is 0.337 e. The van der Waals surface area contributed by atoms with Gasteiger partial charge in [-0.15, -0.1) is 10.2 Å². The fourth-order valence-electron chi connectivity index (χ4n) is 4.27. The Balaban J connectivity index is 1.29. The van der Waals surface area contributed by atoms with Crippen LogP contribution in [0.1, 0.15) is 29.4 Å². The Morgan fingerprint density at radius 3 is 2.61 bits per heavy atom. The molecule has 1 saturated heterocycles. The molecule has 0 N–H and O–H groups in total. The average Bonchev–Trinajstić information content (AvgIpc) is 3.51. The largest absolute Gasteiger partial charge is 0.341 e. The normalized spacial score (nSPS) is 17.5. The van der Waals surface area contributed by atoms with Crippen molar-refractivity contribution in [2.24, 2.45) is 12.1 Å². The third-order valence-corrected chi connectivity index (χ3v) is 6.33. The Morgan fingerprint density at radius 1 is 1.14 bits per heavy atom. The first-order valence-corrected chi connectivity index (χ1v) is 11.3. The lowest BCUT2D eigenvalue weighted by Gasteiger charge is -2.37. The number of aromatic nitrogens is 5. The number of carbonyl (C=O) groups is 1. The van der Waals surface area contributed by atoms with Crippen molar-refractivity contribution >= 4 is 18.2 Å². The summed E-state index contributed by atoms with van der Waals surface area (Å²) in [6.07, 6.45) is 3.14. The van der Waals surface area contributed by atoms with Crippen LogP contribution in [-0.2, 0) is 7.05 Å². The Bertz CT molecular complexity index is 1390. The predicted octanol–water partition coefficient (Wildman–Crippen LogP) is 2.41. The van der Waals surface area contributed by atoms with Crippen molar-refractivity contribution in [3.63, 3.8) is 0 Å². The second-order valence-electron chi connectivity index (χ2n) is 8.53. The minimum atomic E-state index is -0.599. The van der Waals surface area contributed by atoms with Crippen LogP contribution in [0.2, 0.25) is 0 Å². The number of urea groups is 1. The number of hydrogen-bond donors (Lipinski definition) is 0. The minimum absolute atomic E-state index is 0.0580. The Kier molecular flexibility index (Phi) is 6.01. The van der Waals surface area contributed by atoms with E-state index in [-0.39, 0.29) is 17.3 Å². The van der Waals surface area contributed by atoms with E-state index in [4.69, 9.17) is 5.26 Å². The number of carbonyl (C=O) groups excluding carboxylic acids is 1.